The van der Waals surface area contributed by atoms with Crippen molar-refractivity contribution in [2.24, 2.45) is 5.10 Å². The van der Waals surface area contributed by atoms with Crippen LogP contribution < -0.4 is 14.8 Å². The van der Waals surface area contributed by atoms with Gasteiger partial charge in [0.05, 0.1) is 17.1 Å². The van der Waals surface area contributed by atoms with Crippen LogP contribution in [0.5, 0.6) is 0 Å². The number of Topliss-reactive ketones (excluding diaryl/α,β-unsaturated/α-hetero) is 1. The number of ketones is 1. The Balaban J connectivity index is 1.83. The van der Waals surface area contributed by atoms with Crippen molar-refractivity contribution in [1.29, 1.82) is 0 Å². The molecule has 3 aromatic rings. The van der Waals surface area contributed by atoms with Gasteiger partial charge in [0.25, 0.3) is 5.12 Å². The molecular formula is C24H20N4O2S. The number of benzene rings is 3. The van der Waals surface area contributed by atoms with E-state index in [2.05, 4.69) is 4.90 Å². The quantitative estimate of drug-likeness (QED) is 0.590. The highest BCUT2D eigenvalue weighted by Crippen LogP contribution is 2.58. The summed E-state index contributed by atoms with van der Waals surface area (Å²) in [5.41, 5.74) is 3.32. The van der Waals surface area contributed by atoms with Crippen molar-refractivity contribution >= 4 is 51.2 Å². The molecule has 31 heavy (non-hydrogen) atoms. The number of nitrogens with zero attached hydrogens (tertiary/aromatic N) is 4. The van der Waals surface area contributed by atoms with Crippen molar-refractivity contribution in [2.75, 3.05) is 14.8 Å². The van der Waals surface area contributed by atoms with Crippen LogP contribution in [0.1, 0.15) is 13.8 Å². The molecular weight excluding hydrogens is 408 g/mol. The van der Waals surface area contributed by atoms with E-state index in [4.69, 9.17) is 5.10 Å². The summed E-state index contributed by atoms with van der Waals surface area (Å²) in [6.07, 6.45) is 0. The molecule has 154 valence electrons. The lowest BCUT2D eigenvalue weighted by molar-refractivity contribution is -0.117. The van der Waals surface area contributed by atoms with Gasteiger partial charge in [-0.05, 0) is 48.2 Å². The number of rotatable bonds is 3. The van der Waals surface area contributed by atoms with Gasteiger partial charge in [0.15, 0.2) is 10.8 Å². The average Bonchev–Trinajstić information content (AvgIpc) is 3.31. The predicted molar refractivity (Wildman–Crippen MR) is 126 cm³/mol. The maximum atomic E-state index is 13.1. The van der Waals surface area contributed by atoms with Gasteiger partial charge in [-0.2, -0.15) is 5.10 Å². The van der Waals surface area contributed by atoms with E-state index in [1.807, 2.05) is 84.9 Å². The number of para-hydroxylation sites is 4. The molecule has 0 saturated carbocycles. The van der Waals surface area contributed by atoms with Crippen LogP contribution in [0.3, 0.4) is 0 Å². The fourth-order valence-electron chi connectivity index (χ4n) is 4.08. The largest absolute Gasteiger partial charge is 0.292 e. The highest BCUT2D eigenvalue weighted by molar-refractivity contribution is 8.17. The van der Waals surface area contributed by atoms with Crippen LogP contribution in [-0.4, -0.2) is 21.9 Å². The Morgan fingerprint density at radius 2 is 1.32 bits per heavy atom. The van der Waals surface area contributed by atoms with Crippen LogP contribution in [0.4, 0.5) is 22.7 Å². The smallest absolute Gasteiger partial charge is 0.280 e. The third-order valence-corrected chi connectivity index (χ3v) is 6.65. The van der Waals surface area contributed by atoms with Crippen LogP contribution in [0.25, 0.3) is 0 Å². The first-order chi connectivity index (χ1) is 15.0. The number of amides is 1. The van der Waals surface area contributed by atoms with E-state index in [1.165, 1.54) is 18.7 Å². The number of thioether (sulfide) groups is 1. The van der Waals surface area contributed by atoms with Gasteiger partial charge in [0.1, 0.15) is 0 Å². The number of hydrazone groups is 1. The Morgan fingerprint density at radius 3 is 1.90 bits per heavy atom. The van der Waals surface area contributed by atoms with Gasteiger partial charge in [-0.15, -0.1) is 0 Å². The maximum Gasteiger partial charge on any atom is 0.280 e. The Hall–Kier alpha value is -3.58. The first kappa shape index (κ1) is 19.4. The summed E-state index contributed by atoms with van der Waals surface area (Å²) in [5, 5.41) is 5.72. The van der Waals surface area contributed by atoms with E-state index in [1.54, 1.807) is 16.8 Å². The van der Waals surface area contributed by atoms with Crippen molar-refractivity contribution in [3.8, 4) is 0 Å². The zero-order valence-electron chi connectivity index (χ0n) is 17.1. The van der Waals surface area contributed by atoms with Gasteiger partial charge in [-0.3, -0.25) is 19.4 Å². The van der Waals surface area contributed by atoms with E-state index in [0.29, 0.717) is 5.04 Å². The zero-order valence-corrected chi connectivity index (χ0v) is 17.9. The van der Waals surface area contributed by atoms with Crippen LogP contribution in [-0.2, 0) is 9.59 Å². The molecule has 0 unspecified atom stereocenters. The van der Waals surface area contributed by atoms with E-state index in [-0.39, 0.29) is 11.7 Å². The molecule has 3 aromatic carbocycles. The zero-order chi connectivity index (χ0) is 21.6. The third-order valence-electron chi connectivity index (χ3n) is 5.28. The van der Waals surface area contributed by atoms with Crippen molar-refractivity contribution in [3.05, 3.63) is 84.9 Å². The number of carbonyl (C=O) groups excluding carboxylic acids is 2. The fourth-order valence-corrected chi connectivity index (χ4v) is 5.45. The Kier molecular flexibility index (Phi) is 4.55. The lowest BCUT2D eigenvalue weighted by Gasteiger charge is -2.45. The second-order valence-corrected chi connectivity index (χ2v) is 8.44. The topological polar surface area (TPSA) is 56.2 Å². The summed E-state index contributed by atoms with van der Waals surface area (Å²) in [6.45, 7) is 3.05. The molecule has 0 N–H and O–H groups in total. The van der Waals surface area contributed by atoms with E-state index in [0.717, 1.165) is 22.7 Å². The van der Waals surface area contributed by atoms with Crippen LogP contribution >= 0.6 is 11.8 Å². The minimum absolute atomic E-state index is 0.140. The summed E-state index contributed by atoms with van der Waals surface area (Å²) in [6, 6.07) is 27.3. The summed E-state index contributed by atoms with van der Waals surface area (Å²) >= 11 is 1.29. The Bertz CT molecular complexity index is 1200. The molecule has 0 aliphatic carbocycles. The number of hydrogen-bond acceptors (Lipinski definition) is 6. The molecule has 2 aliphatic rings. The summed E-state index contributed by atoms with van der Waals surface area (Å²) in [5.74, 6) is -0.283. The molecule has 2 heterocycles. The first-order valence-electron chi connectivity index (χ1n) is 9.93. The highest BCUT2D eigenvalue weighted by Gasteiger charge is 2.61. The summed E-state index contributed by atoms with van der Waals surface area (Å²) in [4.78, 5) is 29.4. The minimum atomic E-state index is -1.13. The second kappa shape index (κ2) is 7.28. The molecule has 1 spiro atoms. The van der Waals surface area contributed by atoms with Gasteiger partial charge in [-0.1, -0.05) is 48.5 Å². The van der Waals surface area contributed by atoms with Crippen molar-refractivity contribution in [1.82, 2.24) is 0 Å². The highest BCUT2D eigenvalue weighted by atomic mass is 32.2. The molecule has 0 radical (unpaired) electrons. The lowest BCUT2D eigenvalue weighted by Crippen LogP contribution is -2.62. The van der Waals surface area contributed by atoms with E-state index >= 15 is 0 Å². The van der Waals surface area contributed by atoms with Gasteiger partial charge < -0.3 is 0 Å². The standard InChI is InChI=1S/C24H20N4O2S/c1-17(29)23-25-28(20-13-7-4-8-14-20)24(31-23)26(18(2)30)21-15-9-10-16-22(21)27(24)19-11-5-3-6-12-19/h3-16H,1-2H3/t24-/m1/s1. The van der Waals surface area contributed by atoms with Crippen LogP contribution in [0.2, 0.25) is 0 Å². The number of carbonyl (C=O) groups is 2. The van der Waals surface area contributed by atoms with Gasteiger partial charge >= 0.3 is 0 Å². The lowest BCUT2D eigenvalue weighted by atomic mass is 10.2. The summed E-state index contributed by atoms with van der Waals surface area (Å²) in [7, 11) is 0. The molecule has 7 heteroatoms. The molecule has 2 aliphatic heterocycles. The van der Waals surface area contributed by atoms with E-state index in [9.17, 15) is 9.59 Å². The third kappa shape index (κ3) is 2.84. The normalized spacial score (nSPS) is 19.5. The molecule has 0 saturated heterocycles. The molecule has 1 atom stereocenters. The van der Waals surface area contributed by atoms with Crippen molar-refractivity contribution < 1.29 is 9.59 Å². The van der Waals surface area contributed by atoms with Crippen LogP contribution in [0, 0.1) is 0 Å². The second-order valence-electron chi connectivity index (χ2n) is 7.30. The first-order valence-corrected chi connectivity index (χ1v) is 10.7. The number of fused-ring (bicyclic) bond motifs is 1. The monoisotopic (exact) mass is 428 g/mol. The SMILES string of the molecule is CC(=O)C1=NN(c2ccccc2)[C@@]2(S1)N(C(C)=O)c1ccccc1N2c1ccccc1. The van der Waals surface area contributed by atoms with Crippen molar-refractivity contribution in [3.63, 3.8) is 0 Å². The number of anilines is 4. The average molecular weight is 429 g/mol. The number of hydrogen-bond donors (Lipinski definition) is 0. The molecule has 5 rings (SSSR count). The van der Waals surface area contributed by atoms with E-state index < -0.39 is 5.12 Å². The van der Waals surface area contributed by atoms with Crippen molar-refractivity contribution in [2.45, 2.75) is 19.0 Å². The Morgan fingerprint density at radius 1 is 0.774 bits per heavy atom. The molecule has 0 bridgehead atoms. The molecule has 6 nitrogen and oxygen atoms in total. The summed E-state index contributed by atoms with van der Waals surface area (Å²) < 4.78 is 0. The fraction of sp³-hybridized carbons (Fsp3) is 0.125. The van der Waals surface area contributed by atoms with Gasteiger partial charge in [-0.25, -0.2) is 5.01 Å². The minimum Gasteiger partial charge on any atom is -0.292 e. The maximum absolute atomic E-state index is 13.1. The Labute approximate surface area is 184 Å². The molecule has 0 fully saturated rings. The van der Waals surface area contributed by atoms with Gasteiger partial charge in [0, 0.05) is 19.5 Å². The van der Waals surface area contributed by atoms with Gasteiger partial charge in [0.2, 0.25) is 5.91 Å². The predicted octanol–water partition coefficient (Wildman–Crippen LogP) is 4.96. The van der Waals surface area contributed by atoms with Crippen LogP contribution in [0.15, 0.2) is 90.0 Å². The molecule has 0 aromatic heterocycles. The molecule has 1 amide bonds.